The lowest BCUT2D eigenvalue weighted by Gasteiger charge is -2.29. The van der Waals surface area contributed by atoms with E-state index >= 15 is 0 Å². The number of hydrogen-bond acceptors (Lipinski definition) is 5. The molecule has 0 aromatic carbocycles. The van der Waals surface area contributed by atoms with Gasteiger partial charge >= 0.3 is 0 Å². The van der Waals surface area contributed by atoms with Crippen molar-refractivity contribution in [2.75, 3.05) is 5.32 Å². The molecule has 0 amide bonds. The van der Waals surface area contributed by atoms with Gasteiger partial charge in [-0.1, -0.05) is 20.8 Å². The maximum absolute atomic E-state index is 5.90. The highest BCUT2D eigenvalue weighted by Gasteiger charge is 2.25. The van der Waals surface area contributed by atoms with Gasteiger partial charge < -0.3 is 11.1 Å². The number of nitrogens with two attached hydrogens (primary N) is 1. The minimum absolute atomic E-state index is 0.00506. The highest BCUT2D eigenvalue weighted by molar-refractivity contribution is 7.09. The van der Waals surface area contributed by atoms with Gasteiger partial charge in [-0.25, -0.2) is 4.98 Å². The van der Waals surface area contributed by atoms with Crippen LogP contribution in [0.3, 0.4) is 0 Å². The molecule has 16 heavy (non-hydrogen) atoms. The first-order valence-electron chi connectivity index (χ1n) is 5.51. The number of hydrogen-bond donors (Lipinski definition) is 2. The summed E-state index contributed by atoms with van der Waals surface area (Å²) in [5, 5.41) is 4.17. The summed E-state index contributed by atoms with van der Waals surface area (Å²) >= 11 is 1.39. The van der Waals surface area contributed by atoms with Gasteiger partial charge in [0.05, 0.1) is 0 Å². The molecule has 1 aromatic rings. The van der Waals surface area contributed by atoms with Crippen LogP contribution < -0.4 is 11.1 Å². The average molecular weight is 242 g/mol. The van der Waals surface area contributed by atoms with Gasteiger partial charge in [0.2, 0.25) is 5.13 Å². The van der Waals surface area contributed by atoms with Crippen LogP contribution in [0, 0.1) is 0 Å². The second-order valence-corrected chi connectivity index (χ2v) is 6.56. The monoisotopic (exact) mass is 242 g/mol. The molecule has 0 saturated carbocycles. The number of rotatable bonds is 3. The third-order valence-corrected chi connectivity index (χ3v) is 3.29. The second kappa shape index (κ2) is 4.30. The summed E-state index contributed by atoms with van der Waals surface area (Å²) in [4.78, 5) is 4.49. The SMILES string of the molecule is CC(N)C(C)(C)Nc1nc(C(C)(C)C)ns1. The highest BCUT2D eigenvalue weighted by Crippen LogP contribution is 2.25. The van der Waals surface area contributed by atoms with Gasteiger partial charge in [0, 0.05) is 28.5 Å². The molecule has 1 unspecified atom stereocenters. The third kappa shape index (κ3) is 3.15. The molecule has 0 saturated heterocycles. The number of anilines is 1. The summed E-state index contributed by atoms with van der Waals surface area (Å²) < 4.78 is 4.36. The first kappa shape index (κ1) is 13.4. The third-order valence-electron chi connectivity index (χ3n) is 2.66. The number of nitrogens with one attached hydrogen (secondary N) is 1. The molecule has 1 rings (SSSR count). The van der Waals surface area contributed by atoms with Gasteiger partial charge in [0.25, 0.3) is 0 Å². The quantitative estimate of drug-likeness (QED) is 0.854. The van der Waals surface area contributed by atoms with E-state index in [0.717, 1.165) is 11.0 Å². The van der Waals surface area contributed by atoms with Crippen LogP contribution >= 0.6 is 11.5 Å². The van der Waals surface area contributed by atoms with Crippen molar-refractivity contribution in [1.82, 2.24) is 9.36 Å². The van der Waals surface area contributed by atoms with Crippen LogP contribution in [0.25, 0.3) is 0 Å². The molecule has 4 nitrogen and oxygen atoms in total. The lowest BCUT2D eigenvalue weighted by Crippen LogP contribution is -2.47. The second-order valence-electron chi connectivity index (χ2n) is 5.81. The van der Waals surface area contributed by atoms with Crippen molar-refractivity contribution in [2.45, 2.75) is 58.5 Å². The first-order chi connectivity index (χ1) is 7.13. The zero-order valence-electron chi connectivity index (χ0n) is 11.0. The Morgan fingerprint density at radius 1 is 1.25 bits per heavy atom. The number of aromatic nitrogens is 2. The summed E-state index contributed by atoms with van der Waals surface area (Å²) in [7, 11) is 0. The molecule has 3 N–H and O–H groups in total. The van der Waals surface area contributed by atoms with Crippen molar-refractivity contribution in [3.05, 3.63) is 5.82 Å². The van der Waals surface area contributed by atoms with Gasteiger partial charge in [0.15, 0.2) is 0 Å². The normalized spacial score (nSPS) is 14.9. The van der Waals surface area contributed by atoms with Crippen molar-refractivity contribution in [1.29, 1.82) is 0 Å². The van der Waals surface area contributed by atoms with Gasteiger partial charge in [-0.15, -0.1) is 0 Å². The molecule has 0 aliphatic carbocycles. The summed E-state index contributed by atoms with van der Waals surface area (Å²) in [5.41, 5.74) is 5.73. The minimum atomic E-state index is -0.172. The largest absolute Gasteiger partial charge is 0.354 e. The minimum Gasteiger partial charge on any atom is -0.354 e. The summed E-state index contributed by atoms with van der Waals surface area (Å²) in [6.07, 6.45) is 0. The van der Waals surface area contributed by atoms with E-state index in [2.05, 4.69) is 49.3 Å². The molecule has 0 bridgehead atoms. The van der Waals surface area contributed by atoms with E-state index in [-0.39, 0.29) is 17.0 Å². The van der Waals surface area contributed by atoms with Gasteiger partial charge in [0.1, 0.15) is 5.82 Å². The van der Waals surface area contributed by atoms with Crippen LogP contribution in [0.1, 0.15) is 47.4 Å². The Morgan fingerprint density at radius 2 is 1.81 bits per heavy atom. The predicted molar refractivity (Wildman–Crippen MR) is 70.0 cm³/mol. The fraction of sp³-hybridized carbons (Fsp3) is 0.818. The summed E-state index contributed by atoms with van der Waals surface area (Å²) in [6, 6.07) is 0.0505. The topological polar surface area (TPSA) is 63.8 Å². The average Bonchev–Trinajstić information content (AvgIpc) is 2.50. The predicted octanol–water partition coefficient (Wildman–Crippen LogP) is 2.37. The molecule has 92 valence electrons. The maximum Gasteiger partial charge on any atom is 0.203 e. The van der Waals surface area contributed by atoms with Crippen LogP contribution in [0.2, 0.25) is 0 Å². The Hall–Kier alpha value is -0.680. The summed E-state index contributed by atoms with van der Waals surface area (Å²) in [5.74, 6) is 0.875. The molecule has 0 aliphatic heterocycles. The Morgan fingerprint density at radius 3 is 2.19 bits per heavy atom. The van der Waals surface area contributed by atoms with Crippen molar-refractivity contribution >= 4 is 16.7 Å². The highest BCUT2D eigenvalue weighted by atomic mass is 32.1. The molecule has 5 heteroatoms. The Balaban J connectivity index is 2.81. The van der Waals surface area contributed by atoms with Crippen molar-refractivity contribution in [2.24, 2.45) is 5.73 Å². The van der Waals surface area contributed by atoms with Crippen LogP contribution in [0.5, 0.6) is 0 Å². The molecule has 1 atom stereocenters. The number of nitrogens with zero attached hydrogens (tertiary/aromatic N) is 2. The van der Waals surface area contributed by atoms with E-state index in [9.17, 15) is 0 Å². The molecule has 0 fully saturated rings. The van der Waals surface area contributed by atoms with Gasteiger partial charge in [-0.05, 0) is 20.8 Å². The summed E-state index contributed by atoms with van der Waals surface area (Å²) in [6.45, 7) is 12.4. The first-order valence-corrected chi connectivity index (χ1v) is 6.28. The molecule has 0 aliphatic rings. The van der Waals surface area contributed by atoms with Crippen LogP contribution in [0.15, 0.2) is 0 Å². The van der Waals surface area contributed by atoms with Gasteiger partial charge in [-0.3, -0.25) is 0 Å². The Kier molecular flexibility index (Phi) is 3.59. The molecular formula is C11H22N4S. The van der Waals surface area contributed by atoms with Crippen molar-refractivity contribution in [3.8, 4) is 0 Å². The van der Waals surface area contributed by atoms with Gasteiger partial charge in [-0.2, -0.15) is 4.37 Å². The van der Waals surface area contributed by atoms with E-state index in [4.69, 9.17) is 5.73 Å². The van der Waals surface area contributed by atoms with E-state index in [1.165, 1.54) is 11.5 Å². The Bertz CT molecular complexity index is 349. The fourth-order valence-electron chi connectivity index (χ4n) is 0.968. The van der Waals surface area contributed by atoms with Crippen molar-refractivity contribution in [3.63, 3.8) is 0 Å². The Labute approximate surface area is 102 Å². The lowest BCUT2D eigenvalue weighted by molar-refractivity contribution is 0.469. The molecule has 0 spiro atoms. The zero-order chi connectivity index (χ0) is 12.6. The standard InChI is InChI=1S/C11H22N4S/c1-7(12)11(5,6)14-9-13-8(15-16-9)10(2,3)4/h7H,12H2,1-6H3,(H,13,14,15). The van der Waals surface area contributed by atoms with Crippen LogP contribution in [-0.2, 0) is 5.41 Å². The fourth-order valence-corrected chi connectivity index (χ4v) is 1.89. The van der Waals surface area contributed by atoms with Crippen LogP contribution in [-0.4, -0.2) is 20.9 Å². The van der Waals surface area contributed by atoms with Crippen LogP contribution in [0.4, 0.5) is 5.13 Å². The zero-order valence-corrected chi connectivity index (χ0v) is 11.8. The van der Waals surface area contributed by atoms with E-state index in [1.54, 1.807) is 0 Å². The lowest BCUT2D eigenvalue weighted by atomic mass is 9.96. The molecule has 1 aromatic heterocycles. The van der Waals surface area contributed by atoms with Crippen molar-refractivity contribution < 1.29 is 0 Å². The molecule has 0 radical (unpaired) electrons. The maximum atomic E-state index is 5.90. The molecular weight excluding hydrogens is 220 g/mol. The van der Waals surface area contributed by atoms with E-state index in [0.29, 0.717) is 0 Å². The van der Waals surface area contributed by atoms with E-state index < -0.39 is 0 Å². The molecule has 1 heterocycles. The smallest absolute Gasteiger partial charge is 0.203 e. The van der Waals surface area contributed by atoms with E-state index in [1.807, 2.05) is 6.92 Å².